The predicted molar refractivity (Wildman–Crippen MR) is 48.4 cm³/mol. The van der Waals surface area contributed by atoms with Gasteiger partial charge >= 0.3 is 5.97 Å². The van der Waals surface area contributed by atoms with E-state index in [0.717, 1.165) is 0 Å². The van der Waals surface area contributed by atoms with Gasteiger partial charge in [-0.15, -0.1) is 0 Å². The van der Waals surface area contributed by atoms with Gasteiger partial charge in [-0.3, -0.25) is 14.9 Å². The van der Waals surface area contributed by atoms with Gasteiger partial charge in [0.2, 0.25) is 5.91 Å². The van der Waals surface area contributed by atoms with Crippen molar-refractivity contribution < 1.29 is 14.7 Å². The number of hydrogen-bond donors (Lipinski definition) is 3. The van der Waals surface area contributed by atoms with E-state index in [-0.39, 0.29) is 19.0 Å². The molecule has 0 radical (unpaired) electrons. The summed E-state index contributed by atoms with van der Waals surface area (Å²) >= 11 is 0. The Bertz CT molecular complexity index is 180. The number of aliphatic carboxylic acids is 1. The van der Waals surface area contributed by atoms with Crippen LogP contribution in [0.4, 0.5) is 0 Å². The predicted octanol–water partition coefficient (Wildman–Crippen LogP) is -0.567. The second-order valence-electron chi connectivity index (χ2n) is 3.20. The summed E-state index contributed by atoms with van der Waals surface area (Å²) in [7, 11) is 0. The zero-order valence-electron chi connectivity index (χ0n) is 7.96. The van der Waals surface area contributed by atoms with Crippen LogP contribution in [0.2, 0.25) is 0 Å². The summed E-state index contributed by atoms with van der Waals surface area (Å²) in [6.45, 7) is 4.47. The van der Waals surface area contributed by atoms with Crippen LogP contribution in [0.5, 0.6) is 0 Å². The summed E-state index contributed by atoms with van der Waals surface area (Å²) in [5.74, 6) is -0.727. The highest BCUT2D eigenvalue weighted by molar-refractivity contribution is 5.78. The summed E-state index contributed by atoms with van der Waals surface area (Å²) in [4.78, 5) is 21.0. The van der Waals surface area contributed by atoms with Crippen molar-refractivity contribution in [2.45, 2.75) is 13.8 Å². The quantitative estimate of drug-likeness (QED) is 0.521. The third kappa shape index (κ3) is 8.81. The lowest BCUT2D eigenvalue weighted by Gasteiger charge is -2.07. The average Bonchev–Trinajstić information content (AvgIpc) is 2.00. The first kappa shape index (κ1) is 11.9. The lowest BCUT2D eigenvalue weighted by molar-refractivity contribution is -0.136. The number of rotatable bonds is 6. The van der Waals surface area contributed by atoms with E-state index >= 15 is 0 Å². The van der Waals surface area contributed by atoms with Gasteiger partial charge in [0.1, 0.15) is 0 Å². The molecule has 5 heteroatoms. The molecule has 1 amide bonds. The SMILES string of the molecule is CC(C)CNC(=O)CNCC(=O)O. The summed E-state index contributed by atoms with van der Waals surface area (Å²) in [6.07, 6.45) is 0. The highest BCUT2D eigenvalue weighted by Crippen LogP contribution is 1.85. The van der Waals surface area contributed by atoms with Gasteiger partial charge in [-0.25, -0.2) is 0 Å². The van der Waals surface area contributed by atoms with Crippen LogP contribution < -0.4 is 10.6 Å². The molecule has 0 fully saturated rings. The van der Waals surface area contributed by atoms with Crippen molar-refractivity contribution in [3.63, 3.8) is 0 Å². The van der Waals surface area contributed by atoms with E-state index in [4.69, 9.17) is 5.11 Å². The van der Waals surface area contributed by atoms with E-state index in [1.807, 2.05) is 13.8 Å². The van der Waals surface area contributed by atoms with Crippen molar-refractivity contribution in [1.82, 2.24) is 10.6 Å². The Morgan fingerprint density at radius 1 is 1.31 bits per heavy atom. The topological polar surface area (TPSA) is 78.4 Å². The third-order valence-electron chi connectivity index (χ3n) is 1.27. The maximum absolute atomic E-state index is 11.0. The van der Waals surface area contributed by atoms with Crippen LogP contribution in [-0.4, -0.2) is 36.6 Å². The molecule has 3 N–H and O–H groups in total. The molecule has 0 aliphatic heterocycles. The van der Waals surface area contributed by atoms with Crippen LogP contribution in [-0.2, 0) is 9.59 Å². The Morgan fingerprint density at radius 3 is 2.38 bits per heavy atom. The maximum Gasteiger partial charge on any atom is 0.317 e. The van der Waals surface area contributed by atoms with Crippen LogP contribution in [0.3, 0.4) is 0 Å². The molecule has 0 aliphatic rings. The Kier molecular flexibility index (Phi) is 5.88. The summed E-state index contributed by atoms with van der Waals surface area (Å²) in [5.41, 5.74) is 0. The standard InChI is InChI=1S/C8H16N2O3/c1-6(2)3-10-7(11)4-9-5-8(12)13/h6,9H,3-5H2,1-2H3,(H,10,11)(H,12,13). The van der Waals surface area contributed by atoms with E-state index in [1.165, 1.54) is 0 Å². The van der Waals surface area contributed by atoms with E-state index in [0.29, 0.717) is 12.5 Å². The monoisotopic (exact) mass is 188 g/mol. The number of carbonyl (C=O) groups excluding carboxylic acids is 1. The molecule has 0 bridgehead atoms. The van der Waals surface area contributed by atoms with Crippen molar-refractivity contribution >= 4 is 11.9 Å². The number of hydrogen-bond acceptors (Lipinski definition) is 3. The number of carboxylic acid groups (broad SMARTS) is 1. The molecule has 0 spiro atoms. The van der Waals surface area contributed by atoms with Crippen molar-refractivity contribution in [3.05, 3.63) is 0 Å². The average molecular weight is 188 g/mol. The second-order valence-corrected chi connectivity index (χ2v) is 3.20. The Morgan fingerprint density at radius 2 is 1.92 bits per heavy atom. The van der Waals surface area contributed by atoms with Crippen LogP contribution >= 0.6 is 0 Å². The van der Waals surface area contributed by atoms with Gasteiger partial charge in [-0.2, -0.15) is 0 Å². The third-order valence-corrected chi connectivity index (χ3v) is 1.27. The highest BCUT2D eigenvalue weighted by Gasteiger charge is 2.02. The van der Waals surface area contributed by atoms with Gasteiger partial charge in [-0.05, 0) is 5.92 Å². The molecule has 0 rings (SSSR count). The number of carbonyl (C=O) groups is 2. The van der Waals surface area contributed by atoms with E-state index in [1.54, 1.807) is 0 Å². The van der Waals surface area contributed by atoms with Crippen LogP contribution in [0, 0.1) is 5.92 Å². The van der Waals surface area contributed by atoms with Crippen LogP contribution in [0.1, 0.15) is 13.8 Å². The molecule has 0 unspecified atom stereocenters. The minimum absolute atomic E-state index is 0.0546. The van der Waals surface area contributed by atoms with Gasteiger partial charge in [0.15, 0.2) is 0 Å². The normalized spacial score (nSPS) is 10.1. The minimum atomic E-state index is -0.961. The smallest absolute Gasteiger partial charge is 0.317 e. The molecule has 0 heterocycles. The Hall–Kier alpha value is -1.10. The van der Waals surface area contributed by atoms with Crippen molar-refractivity contribution in [3.8, 4) is 0 Å². The first-order valence-corrected chi connectivity index (χ1v) is 4.21. The fourth-order valence-electron chi connectivity index (χ4n) is 0.663. The van der Waals surface area contributed by atoms with Gasteiger partial charge in [0.05, 0.1) is 13.1 Å². The fraction of sp³-hybridized carbons (Fsp3) is 0.750. The zero-order valence-corrected chi connectivity index (χ0v) is 7.96. The highest BCUT2D eigenvalue weighted by atomic mass is 16.4. The molecule has 76 valence electrons. The maximum atomic E-state index is 11.0. The molecule has 0 atom stereocenters. The Labute approximate surface area is 77.5 Å². The Balaban J connectivity index is 3.35. The molecule has 13 heavy (non-hydrogen) atoms. The van der Waals surface area contributed by atoms with Crippen LogP contribution in [0.15, 0.2) is 0 Å². The molecule has 0 aromatic heterocycles. The molecular formula is C8H16N2O3. The van der Waals surface area contributed by atoms with Gasteiger partial charge in [0, 0.05) is 6.54 Å². The van der Waals surface area contributed by atoms with Gasteiger partial charge in [-0.1, -0.05) is 13.8 Å². The molecular weight excluding hydrogens is 172 g/mol. The second kappa shape index (κ2) is 6.42. The summed E-state index contributed by atoms with van der Waals surface area (Å²) in [5, 5.41) is 13.4. The number of amides is 1. The van der Waals surface area contributed by atoms with Crippen molar-refractivity contribution in [2.24, 2.45) is 5.92 Å². The van der Waals surface area contributed by atoms with Gasteiger partial charge in [0.25, 0.3) is 0 Å². The van der Waals surface area contributed by atoms with E-state index in [2.05, 4.69) is 10.6 Å². The summed E-state index contributed by atoms with van der Waals surface area (Å²) in [6, 6.07) is 0. The minimum Gasteiger partial charge on any atom is -0.480 e. The number of carboxylic acids is 1. The molecule has 5 nitrogen and oxygen atoms in total. The molecule has 0 saturated carbocycles. The fourth-order valence-corrected chi connectivity index (χ4v) is 0.663. The van der Waals surface area contributed by atoms with Crippen LogP contribution in [0.25, 0.3) is 0 Å². The lowest BCUT2D eigenvalue weighted by atomic mass is 10.2. The first-order chi connectivity index (χ1) is 6.02. The lowest BCUT2D eigenvalue weighted by Crippen LogP contribution is -2.37. The molecule has 0 aliphatic carbocycles. The molecule has 0 aromatic carbocycles. The first-order valence-electron chi connectivity index (χ1n) is 4.21. The van der Waals surface area contributed by atoms with Crippen molar-refractivity contribution in [2.75, 3.05) is 19.6 Å². The molecule has 0 aromatic rings. The van der Waals surface area contributed by atoms with E-state index < -0.39 is 5.97 Å². The van der Waals surface area contributed by atoms with Gasteiger partial charge < -0.3 is 10.4 Å². The van der Waals surface area contributed by atoms with Crippen molar-refractivity contribution in [1.29, 1.82) is 0 Å². The summed E-state index contributed by atoms with van der Waals surface area (Å²) < 4.78 is 0. The zero-order chi connectivity index (χ0) is 10.3. The molecule has 0 saturated heterocycles. The number of nitrogens with one attached hydrogen (secondary N) is 2. The largest absolute Gasteiger partial charge is 0.480 e. The van der Waals surface area contributed by atoms with E-state index in [9.17, 15) is 9.59 Å².